The Balaban J connectivity index is 0.000000137. The Morgan fingerprint density at radius 2 is 0.577 bits per heavy atom. The summed E-state index contributed by atoms with van der Waals surface area (Å²) in [5.74, 6) is 0. The summed E-state index contributed by atoms with van der Waals surface area (Å²) >= 11 is 0. The number of nitriles is 4. The van der Waals surface area contributed by atoms with E-state index in [2.05, 4.69) is 344 Å². The molecule has 0 aliphatic rings. The largest absolute Gasteiger partial charge is 0.456 e. The van der Waals surface area contributed by atoms with E-state index in [0.29, 0.717) is 22.3 Å². The van der Waals surface area contributed by atoms with Crippen LogP contribution in [0.3, 0.4) is 0 Å². The standard InChI is InChI=1S/C62H35N5O.C56H30N4O2/c63-36-38-28-39(37-64)30-42(29-38)40-22-24-41(25-23-40)43-31-45(33-46(32-43)66-54-18-8-5-15-48(54)52-34-53-49-16-7-11-21-59(49)68-60(53)35-58(52)66)65-56-20-10-6-17-51(56)61-57(65)27-26-50-47-14-4-9-19-55(47)67(62(50)61)44-12-2-1-3-13-44;57-31-34-11-1-2-12-39(34)33-21-22-40(36(27-33)32-58)35-28-37(59-47-17-7-3-15-45(47)53-49(59)25-23-43-41-13-5-9-19-51(41)61-55(43)53)30-38(29-35)60-48-18-8-4-16-46(48)54-50(60)26-24-44-42-14-6-10-20-52(42)62-56(44)54/h1-35H;1-30H. The van der Waals surface area contributed by atoms with Crippen molar-refractivity contribution in [2.24, 2.45) is 0 Å². The Morgan fingerprint density at radius 1 is 0.185 bits per heavy atom. The van der Waals surface area contributed by atoms with E-state index < -0.39 is 0 Å². The first-order valence-corrected chi connectivity index (χ1v) is 43.2. The molecule has 8 aromatic heterocycles. The van der Waals surface area contributed by atoms with Gasteiger partial charge in [-0.3, -0.25) is 0 Å². The first-order chi connectivity index (χ1) is 64.3. The molecular weight excluding hydrogens is 1590 g/mol. The number of fused-ring (bicyclic) bond motifs is 27. The van der Waals surface area contributed by atoms with Gasteiger partial charge in [-0.05, 0) is 208 Å². The average Bonchev–Trinajstić information content (AvgIpc) is 1.56. The van der Waals surface area contributed by atoms with Crippen molar-refractivity contribution in [1.29, 1.82) is 21.0 Å². The molecule has 0 spiro atoms. The lowest BCUT2D eigenvalue weighted by Gasteiger charge is -2.17. The predicted octanol–water partition coefficient (Wildman–Crippen LogP) is 30.7. The smallest absolute Gasteiger partial charge is 0.145 e. The zero-order valence-corrected chi connectivity index (χ0v) is 69.3. The topological polar surface area (TPSA) is 159 Å². The molecule has 0 amide bonds. The van der Waals surface area contributed by atoms with Crippen LogP contribution in [0.25, 0.3) is 248 Å². The highest BCUT2D eigenvalue weighted by atomic mass is 16.3. The molecule has 0 radical (unpaired) electrons. The maximum Gasteiger partial charge on any atom is 0.145 e. The van der Waals surface area contributed by atoms with Crippen molar-refractivity contribution in [3.63, 3.8) is 0 Å². The van der Waals surface area contributed by atoms with Crippen LogP contribution in [0.15, 0.2) is 408 Å². The van der Waals surface area contributed by atoms with Crippen LogP contribution >= 0.6 is 0 Å². The summed E-state index contributed by atoms with van der Waals surface area (Å²) in [6.07, 6.45) is 0. The van der Waals surface area contributed by atoms with Crippen molar-refractivity contribution in [2.45, 2.75) is 0 Å². The summed E-state index contributed by atoms with van der Waals surface area (Å²) in [6, 6.07) is 146. The van der Waals surface area contributed by atoms with Crippen LogP contribution in [0.2, 0.25) is 0 Å². The molecule has 0 unspecified atom stereocenters. The molecule has 0 saturated heterocycles. The first kappa shape index (κ1) is 73.1. The highest BCUT2D eigenvalue weighted by Gasteiger charge is 2.28. The van der Waals surface area contributed by atoms with Crippen molar-refractivity contribution in [2.75, 3.05) is 0 Å². The Labute approximate surface area is 740 Å². The second kappa shape index (κ2) is 28.6. The lowest BCUT2D eigenvalue weighted by molar-refractivity contribution is 0.669. The second-order valence-electron chi connectivity index (χ2n) is 33.4. The quantitative estimate of drug-likeness (QED) is 0.139. The van der Waals surface area contributed by atoms with Crippen LogP contribution in [0.5, 0.6) is 0 Å². The van der Waals surface area contributed by atoms with E-state index in [4.69, 9.17) is 13.3 Å². The number of benzene rings is 19. The molecule has 0 saturated carbocycles. The number of hydrogen-bond acceptors (Lipinski definition) is 7. The zero-order chi connectivity index (χ0) is 86.1. The van der Waals surface area contributed by atoms with Gasteiger partial charge in [0.1, 0.15) is 33.5 Å². The number of nitrogens with zero attached hydrogens (tertiary/aromatic N) is 9. The van der Waals surface area contributed by atoms with Gasteiger partial charge in [0, 0.05) is 110 Å². The summed E-state index contributed by atoms with van der Waals surface area (Å²) in [7, 11) is 0. The van der Waals surface area contributed by atoms with Gasteiger partial charge in [-0.2, -0.15) is 21.0 Å². The second-order valence-corrected chi connectivity index (χ2v) is 33.4. The van der Waals surface area contributed by atoms with E-state index >= 15 is 0 Å². The van der Waals surface area contributed by atoms with Gasteiger partial charge in [0.2, 0.25) is 0 Å². The van der Waals surface area contributed by atoms with E-state index in [-0.39, 0.29) is 0 Å². The lowest BCUT2D eigenvalue weighted by atomic mass is 9.93. The molecule has 0 bridgehead atoms. The van der Waals surface area contributed by atoms with Gasteiger partial charge in [-0.25, -0.2) is 0 Å². The zero-order valence-electron chi connectivity index (χ0n) is 69.3. The molecule has 12 heteroatoms. The summed E-state index contributed by atoms with van der Waals surface area (Å²) in [4.78, 5) is 0. The van der Waals surface area contributed by atoms with Crippen molar-refractivity contribution in [3.05, 3.63) is 417 Å². The van der Waals surface area contributed by atoms with Gasteiger partial charge >= 0.3 is 0 Å². The van der Waals surface area contributed by atoms with Crippen LogP contribution < -0.4 is 0 Å². The third-order valence-corrected chi connectivity index (χ3v) is 26.4. The minimum atomic E-state index is 0.458. The summed E-state index contributed by atoms with van der Waals surface area (Å²) in [6.45, 7) is 0. The highest BCUT2D eigenvalue weighted by molar-refractivity contribution is 6.28. The minimum absolute atomic E-state index is 0.458. The fourth-order valence-corrected chi connectivity index (χ4v) is 20.8. The number of hydrogen-bond donors (Lipinski definition) is 0. The maximum atomic E-state index is 10.8. The van der Waals surface area contributed by atoms with Crippen LogP contribution in [-0.2, 0) is 0 Å². The van der Waals surface area contributed by atoms with E-state index in [1.807, 2.05) is 84.9 Å². The monoisotopic (exact) mass is 1660 g/mol. The van der Waals surface area contributed by atoms with Crippen LogP contribution in [0.4, 0.5) is 0 Å². The normalized spacial score (nSPS) is 11.8. The minimum Gasteiger partial charge on any atom is -0.456 e. The average molecular weight is 1660 g/mol. The van der Waals surface area contributed by atoms with Crippen molar-refractivity contribution in [1.82, 2.24) is 22.8 Å². The lowest BCUT2D eigenvalue weighted by Crippen LogP contribution is -2.00. The van der Waals surface area contributed by atoms with Gasteiger partial charge in [0.25, 0.3) is 0 Å². The van der Waals surface area contributed by atoms with E-state index in [1.165, 1.54) is 32.6 Å². The predicted molar refractivity (Wildman–Crippen MR) is 527 cm³/mol. The Morgan fingerprint density at radius 3 is 1.11 bits per heavy atom. The van der Waals surface area contributed by atoms with Crippen LogP contribution in [0.1, 0.15) is 22.3 Å². The first-order valence-electron chi connectivity index (χ1n) is 43.2. The van der Waals surface area contributed by atoms with E-state index in [1.54, 1.807) is 12.1 Å². The molecule has 8 heterocycles. The van der Waals surface area contributed by atoms with Crippen molar-refractivity contribution >= 4 is 175 Å². The molecule has 0 atom stereocenters. The van der Waals surface area contributed by atoms with E-state index in [0.717, 1.165) is 215 Å². The van der Waals surface area contributed by atoms with Gasteiger partial charge in [0.05, 0.1) is 112 Å². The maximum absolute atomic E-state index is 10.8. The van der Waals surface area contributed by atoms with Crippen molar-refractivity contribution < 1.29 is 13.3 Å². The number of para-hydroxylation sites is 9. The molecule has 27 aromatic rings. The summed E-state index contributed by atoms with van der Waals surface area (Å²) < 4.78 is 31.7. The van der Waals surface area contributed by atoms with Gasteiger partial charge < -0.3 is 36.1 Å². The summed E-state index contributed by atoms with van der Waals surface area (Å²) in [5, 5.41) is 58.2. The Bertz CT molecular complexity index is 9530. The molecule has 19 aromatic carbocycles. The fourth-order valence-electron chi connectivity index (χ4n) is 20.8. The van der Waals surface area contributed by atoms with Gasteiger partial charge in [0.15, 0.2) is 0 Å². The Hall–Kier alpha value is -18.5. The number of furan rings is 3. The highest BCUT2D eigenvalue weighted by Crippen LogP contribution is 2.49. The fraction of sp³-hybridized carbons (Fsp3) is 0. The molecular formula is C118H65N9O3. The van der Waals surface area contributed by atoms with Crippen LogP contribution in [-0.4, -0.2) is 22.8 Å². The molecule has 130 heavy (non-hydrogen) atoms. The van der Waals surface area contributed by atoms with Crippen molar-refractivity contribution in [3.8, 4) is 97.2 Å². The third kappa shape index (κ3) is 11.0. The molecule has 12 nitrogen and oxygen atoms in total. The van der Waals surface area contributed by atoms with E-state index in [9.17, 15) is 21.0 Å². The van der Waals surface area contributed by atoms with Gasteiger partial charge in [-0.1, -0.05) is 224 Å². The molecule has 0 fully saturated rings. The third-order valence-electron chi connectivity index (χ3n) is 26.4. The van der Waals surface area contributed by atoms with Crippen LogP contribution in [0, 0.1) is 45.3 Å². The molecule has 0 aliphatic carbocycles. The number of aromatic nitrogens is 5. The number of rotatable bonds is 9. The molecule has 0 N–H and O–H groups in total. The SMILES string of the molecule is N#Cc1cc(C#N)cc(-c2ccc(-c3cc(-n4c5ccccc5c5cc6c(cc54)oc4ccccc46)cc(-n4c5ccccc5c5c4ccc4c6ccccc6n(-c6ccccc6)c45)c3)cc2)c1.N#Cc1ccccc1-c1ccc(-c2cc(-n3c4ccccc4c4c5oc6ccccc6c5ccc43)cc(-n3c4ccccc4c4c5oc6ccccc6c5ccc43)c2)c(C#N)c1. The molecule has 0 aliphatic heterocycles. The summed E-state index contributed by atoms with van der Waals surface area (Å²) in [5.41, 5.74) is 30.0. The van der Waals surface area contributed by atoms with Gasteiger partial charge in [-0.15, -0.1) is 0 Å². The molecule has 600 valence electrons. The molecule has 27 rings (SSSR count). The Kier molecular flexibility index (Phi) is 16.1.